The van der Waals surface area contributed by atoms with E-state index in [4.69, 9.17) is 23.2 Å². The number of hydrogen-bond donors (Lipinski definition) is 2. The molecule has 0 atom stereocenters. The maximum absolute atomic E-state index is 11.9. The van der Waals surface area contributed by atoms with E-state index in [-0.39, 0.29) is 5.95 Å². The molecule has 0 radical (unpaired) electrons. The van der Waals surface area contributed by atoms with Gasteiger partial charge >= 0.3 is 5.69 Å². The summed E-state index contributed by atoms with van der Waals surface area (Å²) in [5, 5.41) is 0.848. The summed E-state index contributed by atoms with van der Waals surface area (Å²) in [4.78, 5) is 20.1. The fourth-order valence-electron chi connectivity index (χ4n) is 1.67. The first kappa shape index (κ1) is 15.8. The number of nitrogens with one attached hydrogen (secondary N) is 2. The van der Waals surface area contributed by atoms with Crippen LogP contribution in [0.5, 0.6) is 0 Å². The van der Waals surface area contributed by atoms with Crippen molar-refractivity contribution in [2.45, 2.75) is 13.3 Å². The lowest BCUT2D eigenvalue weighted by Crippen LogP contribution is -2.29. The second-order valence-corrected chi connectivity index (χ2v) is 5.21. The normalized spacial score (nSPS) is 10.7. The van der Waals surface area contributed by atoms with E-state index in [0.29, 0.717) is 21.4 Å². The topological polar surface area (TPSA) is 71.8 Å². The second-order valence-electron chi connectivity index (χ2n) is 4.39. The van der Waals surface area contributed by atoms with Crippen molar-refractivity contribution in [3.8, 4) is 11.4 Å². The molecule has 2 aromatic rings. The van der Waals surface area contributed by atoms with Crippen molar-refractivity contribution in [1.29, 1.82) is 0 Å². The van der Waals surface area contributed by atoms with E-state index >= 15 is 0 Å². The van der Waals surface area contributed by atoms with E-state index in [1.54, 1.807) is 25.2 Å². The van der Waals surface area contributed by atoms with E-state index in [1.165, 1.54) is 4.57 Å². The number of anilines is 1. The first-order chi connectivity index (χ1) is 10.0. The number of benzene rings is 1. The third kappa shape index (κ3) is 3.72. The standard InChI is InChI=1S/C13H15Cl2N5O/c1-3-6-16-19-12-17-11(20(2)13(21)18-12)8-4-5-9(14)10(15)7-8/h4-5,7,16H,3,6H2,1-2H3,(H,18,19,21). The average Bonchev–Trinajstić information content (AvgIpc) is 2.46. The molecule has 1 aromatic heterocycles. The zero-order valence-corrected chi connectivity index (χ0v) is 13.2. The third-order valence-corrected chi connectivity index (χ3v) is 3.51. The molecule has 0 aliphatic carbocycles. The molecule has 8 heteroatoms. The third-order valence-electron chi connectivity index (χ3n) is 2.77. The summed E-state index contributed by atoms with van der Waals surface area (Å²) >= 11 is 11.9. The van der Waals surface area contributed by atoms with Crippen LogP contribution in [-0.4, -0.2) is 21.1 Å². The molecule has 0 saturated carbocycles. The maximum atomic E-state index is 11.9. The van der Waals surface area contributed by atoms with Gasteiger partial charge in [0, 0.05) is 19.2 Å². The van der Waals surface area contributed by atoms with Crippen molar-refractivity contribution >= 4 is 29.2 Å². The Bertz CT molecular complexity index is 701. The lowest BCUT2D eigenvalue weighted by Gasteiger charge is -2.11. The molecule has 0 bridgehead atoms. The van der Waals surface area contributed by atoms with Crippen LogP contribution in [0.2, 0.25) is 10.0 Å². The summed E-state index contributed by atoms with van der Waals surface area (Å²) in [5.74, 6) is 0.669. The van der Waals surface area contributed by atoms with Crippen molar-refractivity contribution in [2.24, 2.45) is 7.05 Å². The Kier molecular flexibility index (Phi) is 5.17. The lowest BCUT2D eigenvalue weighted by atomic mass is 10.2. The minimum absolute atomic E-state index is 0.215. The van der Waals surface area contributed by atoms with Crippen LogP contribution >= 0.6 is 23.2 Å². The molecule has 2 rings (SSSR count). The molecule has 0 aliphatic heterocycles. The van der Waals surface area contributed by atoms with Crippen molar-refractivity contribution in [3.63, 3.8) is 0 Å². The summed E-state index contributed by atoms with van der Waals surface area (Å²) in [5.41, 5.74) is 6.01. The van der Waals surface area contributed by atoms with E-state index in [9.17, 15) is 4.79 Å². The molecule has 0 unspecified atom stereocenters. The average molecular weight is 328 g/mol. The van der Waals surface area contributed by atoms with Crippen LogP contribution in [0, 0.1) is 0 Å². The Morgan fingerprint density at radius 1 is 1.24 bits per heavy atom. The summed E-state index contributed by atoms with van der Waals surface area (Å²) in [6.45, 7) is 2.77. The SMILES string of the molecule is CCCNNc1nc(-c2ccc(Cl)c(Cl)c2)n(C)c(=O)n1. The molecule has 1 aromatic carbocycles. The highest BCUT2D eigenvalue weighted by atomic mass is 35.5. The number of hydrogen-bond acceptors (Lipinski definition) is 5. The second kappa shape index (κ2) is 6.89. The fraction of sp³-hybridized carbons (Fsp3) is 0.308. The number of hydrazine groups is 1. The number of rotatable bonds is 5. The Balaban J connectivity index is 2.41. The summed E-state index contributed by atoms with van der Waals surface area (Å²) in [6.07, 6.45) is 0.942. The molecule has 112 valence electrons. The van der Waals surface area contributed by atoms with Crippen LogP contribution in [0.4, 0.5) is 5.95 Å². The Hall–Kier alpha value is -1.63. The Morgan fingerprint density at radius 2 is 2.00 bits per heavy atom. The van der Waals surface area contributed by atoms with Crippen molar-refractivity contribution in [2.75, 3.05) is 12.0 Å². The fourth-order valence-corrected chi connectivity index (χ4v) is 1.97. The molecular weight excluding hydrogens is 313 g/mol. The van der Waals surface area contributed by atoms with Gasteiger partial charge in [0.25, 0.3) is 0 Å². The molecule has 0 saturated heterocycles. The van der Waals surface area contributed by atoms with E-state index < -0.39 is 5.69 Å². The van der Waals surface area contributed by atoms with Gasteiger partial charge in [0.1, 0.15) is 5.82 Å². The van der Waals surface area contributed by atoms with Gasteiger partial charge in [0.2, 0.25) is 5.95 Å². The number of nitrogens with zero attached hydrogens (tertiary/aromatic N) is 3. The number of aromatic nitrogens is 3. The van der Waals surface area contributed by atoms with Crippen molar-refractivity contribution in [1.82, 2.24) is 20.0 Å². The molecule has 0 fully saturated rings. The molecule has 0 aliphatic rings. The smallest absolute Gasteiger partial charge is 0.289 e. The highest BCUT2D eigenvalue weighted by Crippen LogP contribution is 2.27. The van der Waals surface area contributed by atoms with E-state index in [2.05, 4.69) is 20.8 Å². The molecule has 0 spiro atoms. The number of halogens is 2. The minimum atomic E-state index is -0.410. The predicted molar refractivity (Wildman–Crippen MR) is 84.6 cm³/mol. The maximum Gasteiger partial charge on any atom is 0.352 e. The quantitative estimate of drug-likeness (QED) is 0.652. The van der Waals surface area contributed by atoms with Gasteiger partial charge in [-0.3, -0.25) is 9.99 Å². The van der Waals surface area contributed by atoms with Crippen LogP contribution in [-0.2, 0) is 7.05 Å². The van der Waals surface area contributed by atoms with Crippen LogP contribution in [0.3, 0.4) is 0 Å². The highest BCUT2D eigenvalue weighted by molar-refractivity contribution is 6.42. The molecule has 1 heterocycles. The zero-order valence-electron chi connectivity index (χ0n) is 11.7. The van der Waals surface area contributed by atoms with E-state index in [1.807, 2.05) is 6.92 Å². The first-order valence-corrected chi connectivity index (χ1v) is 7.18. The summed E-state index contributed by atoms with van der Waals surface area (Å²) in [6, 6.07) is 5.07. The van der Waals surface area contributed by atoms with Crippen LogP contribution in [0.15, 0.2) is 23.0 Å². The summed E-state index contributed by atoms with van der Waals surface area (Å²) in [7, 11) is 1.60. The molecular formula is C13H15Cl2N5O. The zero-order chi connectivity index (χ0) is 15.4. The van der Waals surface area contributed by atoms with E-state index in [0.717, 1.165) is 13.0 Å². The monoisotopic (exact) mass is 327 g/mol. The van der Waals surface area contributed by atoms with Gasteiger partial charge in [0.05, 0.1) is 10.0 Å². The van der Waals surface area contributed by atoms with Gasteiger partial charge in [-0.05, 0) is 24.6 Å². The largest absolute Gasteiger partial charge is 0.352 e. The minimum Gasteiger partial charge on any atom is -0.289 e. The van der Waals surface area contributed by atoms with Crippen LogP contribution < -0.4 is 16.5 Å². The van der Waals surface area contributed by atoms with Crippen LogP contribution in [0.1, 0.15) is 13.3 Å². The van der Waals surface area contributed by atoms with Gasteiger partial charge in [-0.25, -0.2) is 10.2 Å². The molecule has 2 N–H and O–H groups in total. The van der Waals surface area contributed by atoms with Crippen molar-refractivity contribution in [3.05, 3.63) is 38.7 Å². The van der Waals surface area contributed by atoms with Gasteiger partial charge in [-0.15, -0.1) is 0 Å². The van der Waals surface area contributed by atoms with Gasteiger partial charge < -0.3 is 0 Å². The van der Waals surface area contributed by atoms with Gasteiger partial charge in [-0.1, -0.05) is 30.1 Å². The van der Waals surface area contributed by atoms with Crippen LogP contribution in [0.25, 0.3) is 11.4 Å². The predicted octanol–water partition coefficient (Wildman–Crippen LogP) is 2.48. The van der Waals surface area contributed by atoms with Gasteiger partial charge in [0.15, 0.2) is 0 Å². The molecule has 6 nitrogen and oxygen atoms in total. The lowest BCUT2D eigenvalue weighted by molar-refractivity contribution is 0.730. The summed E-state index contributed by atoms with van der Waals surface area (Å²) < 4.78 is 1.35. The molecule has 0 amide bonds. The van der Waals surface area contributed by atoms with Gasteiger partial charge in [-0.2, -0.15) is 9.97 Å². The molecule has 21 heavy (non-hydrogen) atoms. The highest BCUT2D eigenvalue weighted by Gasteiger charge is 2.10. The Morgan fingerprint density at radius 3 is 2.67 bits per heavy atom. The first-order valence-electron chi connectivity index (χ1n) is 6.42. The Labute approximate surface area is 132 Å². The van der Waals surface area contributed by atoms with Crippen molar-refractivity contribution < 1.29 is 0 Å².